The van der Waals surface area contributed by atoms with E-state index in [2.05, 4.69) is 10.6 Å². The lowest BCUT2D eigenvalue weighted by atomic mass is 9.65. The van der Waals surface area contributed by atoms with E-state index in [4.69, 9.17) is 23.7 Å². The molecule has 1 fully saturated rings. The van der Waals surface area contributed by atoms with Gasteiger partial charge in [-0.25, -0.2) is 0 Å². The van der Waals surface area contributed by atoms with Crippen molar-refractivity contribution in [1.29, 1.82) is 0 Å². The van der Waals surface area contributed by atoms with E-state index in [-0.39, 0.29) is 59.8 Å². The minimum Gasteiger partial charge on any atom is -0.502 e. The van der Waals surface area contributed by atoms with Gasteiger partial charge in [0, 0.05) is 40.9 Å². The van der Waals surface area contributed by atoms with Crippen LogP contribution in [0.4, 0.5) is 17.1 Å². The van der Waals surface area contributed by atoms with Crippen LogP contribution in [0.2, 0.25) is 0 Å². The highest BCUT2D eigenvalue weighted by Gasteiger charge is 2.52. The molecule has 7 rings (SSSR count). The zero-order valence-corrected chi connectivity index (χ0v) is 25.2. The normalized spacial score (nSPS) is 20.4. The summed E-state index contributed by atoms with van der Waals surface area (Å²) >= 11 is 0. The Morgan fingerprint density at radius 3 is 2.13 bits per heavy atom. The zero-order valence-electron chi connectivity index (χ0n) is 25.2. The van der Waals surface area contributed by atoms with E-state index in [1.54, 1.807) is 24.3 Å². The van der Waals surface area contributed by atoms with Gasteiger partial charge < -0.3 is 39.4 Å². The number of nitrogens with zero attached hydrogens (tertiary/aromatic N) is 1. The van der Waals surface area contributed by atoms with Crippen molar-refractivity contribution in [3.05, 3.63) is 105 Å². The van der Waals surface area contributed by atoms with Crippen LogP contribution in [0.3, 0.4) is 0 Å². The van der Waals surface area contributed by atoms with Gasteiger partial charge in [0.1, 0.15) is 0 Å². The predicted octanol–water partition coefficient (Wildman–Crippen LogP) is 5.39. The lowest BCUT2D eigenvalue weighted by Gasteiger charge is -2.40. The highest BCUT2D eigenvalue weighted by Crippen LogP contribution is 2.56. The molecular formula is C34H29N3O10. The van der Waals surface area contributed by atoms with Crippen molar-refractivity contribution < 1.29 is 43.3 Å². The van der Waals surface area contributed by atoms with E-state index in [9.17, 15) is 24.8 Å². The fourth-order valence-corrected chi connectivity index (χ4v) is 6.61. The molecule has 240 valence electrons. The number of carbonyl (C=O) groups is 2. The topological polar surface area (TPSA) is 168 Å². The Hall–Kier alpha value is -5.98. The van der Waals surface area contributed by atoms with Gasteiger partial charge in [0.05, 0.1) is 37.7 Å². The van der Waals surface area contributed by atoms with Gasteiger partial charge in [-0.3, -0.25) is 19.7 Å². The molecule has 0 bridgehead atoms. The molecule has 13 heteroatoms. The molecule has 1 amide bonds. The highest BCUT2D eigenvalue weighted by atomic mass is 16.7. The summed E-state index contributed by atoms with van der Waals surface area (Å²) in [5, 5.41) is 27.9. The van der Waals surface area contributed by atoms with Crippen molar-refractivity contribution >= 4 is 28.9 Å². The smallest absolute Gasteiger partial charge is 0.310 e. The SMILES string of the molecule is COc1cc([C@@H]2c3cc4c(cc3[C@@H](Nc3ccc(NC(=O)c5ccc([N+](=O)[O-])cc5)cc3)[C@H]3COC(=O)[C@H]23)OCO4)cc(OC)c1O. The second-order valence-corrected chi connectivity index (χ2v) is 11.4. The van der Waals surface area contributed by atoms with E-state index in [1.807, 2.05) is 24.3 Å². The first kappa shape index (κ1) is 29.7. The number of cyclic esters (lactones) is 1. The van der Waals surface area contributed by atoms with Gasteiger partial charge in [0.2, 0.25) is 12.5 Å². The molecule has 4 aromatic carbocycles. The standard InChI is InChI=1S/C34H29N3O10/c1-43-27-11-18(12-28(44-2)32(27)38)29-22-13-25-26(47-16-46-25)14-23(22)31(24-15-45-34(40)30(24)29)35-19-5-7-20(8-6-19)36-33(39)17-3-9-21(10-4-17)37(41)42/h3-14,24,29-31,35,38H,15-16H2,1-2H3,(H,36,39)/t24-,29+,30-,31+/m0/s1. The van der Waals surface area contributed by atoms with Crippen molar-refractivity contribution in [2.75, 3.05) is 38.3 Å². The van der Waals surface area contributed by atoms with Crippen LogP contribution < -0.4 is 29.6 Å². The van der Waals surface area contributed by atoms with Crippen molar-refractivity contribution in [1.82, 2.24) is 0 Å². The predicted molar refractivity (Wildman–Crippen MR) is 167 cm³/mol. The van der Waals surface area contributed by atoms with Crippen molar-refractivity contribution in [3.8, 4) is 28.7 Å². The van der Waals surface area contributed by atoms with Crippen molar-refractivity contribution in [2.24, 2.45) is 11.8 Å². The summed E-state index contributed by atoms with van der Waals surface area (Å²) < 4.78 is 28.0. The number of phenolic OH excluding ortho intramolecular Hbond substituents is 1. The Morgan fingerprint density at radius 1 is 0.894 bits per heavy atom. The number of amides is 1. The third-order valence-electron chi connectivity index (χ3n) is 8.85. The van der Waals surface area contributed by atoms with Crippen LogP contribution in [0, 0.1) is 22.0 Å². The number of nitro groups is 1. The number of ether oxygens (including phenoxy) is 5. The van der Waals surface area contributed by atoms with Crippen LogP contribution >= 0.6 is 0 Å². The van der Waals surface area contributed by atoms with Gasteiger partial charge in [0.25, 0.3) is 11.6 Å². The fraction of sp³-hybridized carbons (Fsp3) is 0.235. The highest BCUT2D eigenvalue weighted by molar-refractivity contribution is 6.04. The summed E-state index contributed by atoms with van der Waals surface area (Å²) in [5.74, 6) is -0.660. The first-order valence-corrected chi connectivity index (χ1v) is 14.7. The van der Waals surface area contributed by atoms with E-state index in [0.29, 0.717) is 22.7 Å². The van der Waals surface area contributed by atoms with Gasteiger partial charge in [-0.2, -0.15) is 0 Å². The maximum absolute atomic E-state index is 13.4. The Bertz CT molecular complexity index is 1870. The number of anilines is 2. The molecule has 0 aromatic heterocycles. The number of esters is 1. The van der Waals surface area contributed by atoms with Crippen molar-refractivity contribution in [2.45, 2.75) is 12.0 Å². The second-order valence-electron chi connectivity index (χ2n) is 11.4. The first-order valence-electron chi connectivity index (χ1n) is 14.7. The first-order chi connectivity index (χ1) is 22.7. The number of carbonyl (C=O) groups excluding carboxylic acids is 2. The molecule has 47 heavy (non-hydrogen) atoms. The van der Waals surface area contributed by atoms with E-state index < -0.39 is 22.7 Å². The van der Waals surface area contributed by atoms with Gasteiger partial charge in [-0.1, -0.05) is 0 Å². The molecular weight excluding hydrogens is 610 g/mol. The average molecular weight is 640 g/mol. The van der Waals surface area contributed by atoms with Crippen LogP contribution in [-0.2, 0) is 9.53 Å². The number of fused-ring (bicyclic) bond motifs is 3. The van der Waals surface area contributed by atoms with E-state index >= 15 is 0 Å². The number of hydrogen-bond donors (Lipinski definition) is 3. The molecule has 3 N–H and O–H groups in total. The molecule has 0 radical (unpaired) electrons. The molecule has 13 nitrogen and oxygen atoms in total. The Morgan fingerprint density at radius 2 is 1.51 bits per heavy atom. The molecule has 3 aliphatic rings. The average Bonchev–Trinajstić information content (AvgIpc) is 3.71. The van der Waals surface area contributed by atoms with Gasteiger partial charge in [-0.15, -0.1) is 0 Å². The minimum atomic E-state index is -0.584. The number of nitrogens with one attached hydrogen (secondary N) is 2. The lowest BCUT2D eigenvalue weighted by Crippen LogP contribution is -2.37. The van der Waals surface area contributed by atoms with Crippen LogP contribution in [-0.4, -0.2) is 49.5 Å². The number of non-ortho nitro benzene ring substituents is 1. The quantitative estimate of drug-likeness (QED) is 0.129. The number of benzene rings is 4. The number of aromatic hydroxyl groups is 1. The third-order valence-corrected chi connectivity index (χ3v) is 8.85. The van der Waals surface area contributed by atoms with Crippen LogP contribution in [0.15, 0.2) is 72.8 Å². The Balaban J connectivity index is 1.22. The molecule has 2 aliphatic heterocycles. The fourth-order valence-electron chi connectivity index (χ4n) is 6.61. The zero-order chi connectivity index (χ0) is 32.8. The summed E-state index contributed by atoms with van der Waals surface area (Å²) in [4.78, 5) is 36.6. The molecule has 2 heterocycles. The largest absolute Gasteiger partial charge is 0.502 e. The Kier molecular flexibility index (Phi) is 7.43. The molecule has 4 atom stereocenters. The summed E-state index contributed by atoms with van der Waals surface area (Å²) in [5.41, 5.74) is 3.86. The minimum absolute atomic E-state index is 0.0732. The summed E-state index contributed by atoms with van der Waals surface area (Å²) in [6.07, 6.45) is 0. The molecule has 0 spiro atoms. The third kappa shape index (κ3) is 5.25. The Labute approximate surface area is 268 Å². The van der Waals surface area contributed by atoms with E-state index in [1.165, 1.54) is 38.5 Å². The summed E-state index contributed by atoms with van der Waals surface area (Å²) in [6.45, 7) is 0.255. The van der Waals surface area contributed by atoms with Crippen molar-refractivity contribution in [3.63, 3.8) is 0 Å². The van der Waals surface area contributed by atoms with Crippen LogP contribution in [0.1, 0.15) is 39.0 Å². The molecule has 0 unspecified atom stereocenters. The van der Waals surface area contributed by atoms with Crippen LogP contribution in [0.5, 0.6) is 28.7 Å². The number of rotatable bonds is 8. The maximum atomic E-state index is 13.4. The van der Waals surface area contributed by atoms with Gasteiger partial charge >= 0.3 is 5.97 Å². The number of hydrogen-bond acceptors (Lipinski definition) is 11. The number of methoxy groups -OCH3 is 2. The molecule has 1 saturated heterocycles. The van der Waals surface area contributed by atoms with Gasteiger partial charge in [0.15, 0.2) is 23.0 Å². The summed E-state index contributed by atoms with van der Waals surface area (Å²) in [7, 11) is 2.90. The van der Waals surface area contributed by atoms with E-state index in [0.717, 1.165) is 16.8 Å². The number of nitro benzene ring substituents is 1. The van der Waals surface area contributed by atoms with Crippen LogP contribution in [0.25, 0.3) is 0 Å². The molecule has 4 aromatic rings. The van der Waals surface area contributed by atoms with Gasteiger partial charge in [-0.05, 0) is 77.4 Å². The molecule has 0 saturated carbocycles. The monoisotopic (exact) mass is 639 g/mol. The summed E-state index contributed by atoms with van der Waals surface area (Å²) in [6, 6.07) is 19.3. The maximum Gasteiger partial charge on any atom is 0.310 e. The lowest BCUT2D eigenvalue weighted by molar-refractivity contribution is -0.384. The second kappa shape index (κ2) is 11.7. The number of phenols is 1. The molecule has 1 aliphatic carbocycles.